The van der Waals surface area contributed by atoms with Crippen LogP contribution in [0.5, 0.6) is 5.75 Å². The Hall–Kier alpha value is -3.57. The molecule has 4 rings (SSSR count). The second-order valence-electron chi connectivity index (χ2n) is 9.27. The topological polar surface area (TPSA) is 191 Å². The van der Waals surface area contributed by atoms with E-state index in [1.165, 1.54) is 31.1 Å². The number of nitrogens with zero attached hydrogens (tertiary/aromatic N) is 2. The van der Waals surface area contributed by atoms with E-state index in [4.69, 9.17) is 5.73 Å². The lowest BCUT2D eigenvalue weighted by Crippen LogP contribution is -2.65. The van der Waals surface area contributed by atoms with Crippen molar-refractivity contribution in [2.24, 2.45) is 22.7 Å². The Morgan fingerprint density at radius 2 is 1.88 bits per heavy atom. The molecule has 180 valence electrons. The van der Waals surface area contributed by atoms with Gasteiger partial charge in [0.25, 0.3) is 5.91 Å². The number of rotatable bonds is 4. The van der Waals surface area contributed by atoms with Gasteiger partial charge in [-0.1, -0.05) is 11.2 Å². The number of primary amides is 1. The molecule has 0 saturated heterocycles. The predicted molar refractivity (Wildman–Crippen MR) is 118 cm³/mol. The molecule has 1 fully saturated rings. The zero-order chi connectivity index (χ0) is 25.3. The Labute approximate surface area is 194 Å². The largest absolute Gasteiger partial charge is 0.508 e. The molecule has 0 spiro atoms. The van der Waals surface area contributed by atoms with Crippen molar-refractivity contribution >= 4 is 23.2 Å². The van der Waals surface area contributed by atoms with Crippen LogP contribution in [0.15, 0.2) is 34.2 Å². The van der Waals surface area contributed by atoms with E-state index in [0.29, 0.717) is 11.1 Å². The van der Waals surface area contributed by atoms with Crippen LogP contribution < -0.4 is 5.73 Å². The highest BCUT2D eigenvalue weighted by Gasteiger charge is 2.64. The minimum absolute atomic E-state index is 0.0241. The lowest BCUT2D eigenvalue weighted by Gasteiger charge is -2.50. The van der Waals surface area contributed by atoms with E-state index in [2.05, 4.69) is 5.18 Å². The second kappa shape index (κ2) is 7.74. The average molecular weight is 471 g/mol. The minimum Gasteiger partial charge on any atom is -0.508 e. The number of nitrogens with two attached hydrogens (primary N) is 1. The third-order valence-electron chi connectivity index (χ3n) is 7.25. The fourth-order valence-electron chi connectivity index (χ4n) is 5.72. The van der Waals surface area contributed by atoms with Crippen LogP contribution >= 0.6 is 0 Å². The maximum atomic E-state index is 13.7. The highest BCUT2D eigenvalue weighted by Crippen LogP contribution is 2.53. The van der Waals surface area contributed by atoms with Crippen molar-refractivity contribution in [2.45, 2.75) is 37.5 Å². The van der Waals surface area contributed by atoms with Crippen LogP contribution in [0.2, 0.25) is 0 Å². The molecule has 34 heavy (non-hydrogen) atoms. The molecule has 1 amide bonds. The molecule has 1 aromatic carbocycles. The van der Waals surface area contributed by atoms with Crippen LogP contribution in [0, 0.1) is 16.7 Å². The fourth-order valence-corrected chi connectivity index (χ4v) is 5.72. The summed E-state index contributed by atoms with van der Waals surface area (Å²) in [6.45, 7) is 1.55. The van der Waals surface area contributed by atoms with Crippen LogP contribution in [0.3, 0.4) is 0 Å². The van der Waals surface area contributed by atoms with Gasteiger partial charge < -0.3 is 26.2 Å². The van der Waals surface area contributed by atoms with Gasteiger partial charge in [0.2, 0.25) is 5.78 Å². The van der Waals surface area contributed by atoms with Gasteiger partial charge in [0.1, 0.15) is 28.9 Å². The lowest BCUT2D eigenvalue weighted by atomic mass is 9.57. The number of benzene rings is 1. The zero-order valence-corrected chi connectivity index (χ0v) is 18.8. The lowest BCUT2D eigenvalue weighted by molar-refractivity contribution is -0.153. The molecule has 0 radical (unpaired) electrons. The number of likely N-dealkylation sites (N-methyl/N-ethyl adjacent to an activating group) is 1. The molecule has 3 aliphatic carbocycles. The van der Waals surface area contributed by atoms with Gasteiger partial charge in [0.15, 0.2) is 11.4 Å². The zero-order valence-electron chi connectivity index (χ0n) is 18.8. The molecule has 3 aliphatic rings. The van der Waals surface area contributed by atoms with Gasteiger partial charge in [-0.2, -0.15) is 4.91 Å². The first-order chi connectivity index (χ1) is 15.9. The summed E-state index contributed by atoms with van der Waals surface area (Å²) in [7, 11) is 3.06. The average Bonchev–Trinajstić information content (AvgIpc) is 2.75. The van der Waals surface area contributed by atoms with Crippen molar-refractivity contribution in [1.82, 2.24) is 4.90 Å². The molecule has 11 heteroatoms. The number of hydrogen-bond acceptors (Lipinski definition) is 10. The predicted octanol–water partition coefficient (Wildman–Crippen LogP) is 0.791. The number of Topliss-reactive ketones (excluding diaryl/α,β-unsaturated/α-hetero) is 2. The van der Waals surface area contributed by atoms with Crippen molar-refractivity contribution in [1.29, 1.82) is 0 Å². The summed E-state index contributed by atoms with van der Waals surface area (Å²) in [5.41, 5.74) is 2.32. The van der Waals surface area contributed by atoms with Crippen molar-refractivity contribution < 1.29 is 34.8 Å². The minimum atomic E-state index is -2.69. The van der Waals surface area contributed by atoms with E-state index in [1.54, 1.807) is 6.92 Å². The Kier molecular flexibility index (Phi) is 5.37. The number of aliphatic hydroxyl groups excluding tert-OH is 2. The molecule has 0 aliphatic heterocycles. The fraction of sp³-hybridized carbons (Fsp3) is 0.435. The summed E-state index contributed by atoms with van der Waals surface area (Å²) >= 11 is 0. The molecule has 0 heterocycles. The molecular weight excluding hydrogens is 446 g/mol. The van der Waals surface area contributed by atoms with Crippen LogP contribution in [0.1, 0.15) is 36.1 Å². The second-order valence-corrected chi connectivity index (χ2v) is 9.27. The standard InChI is InChI=1S/C23H25N3O8/c1-8(25-34)10-4-5-13(27)15-11(10)6-9-7-12-17(26(2)3)19(29)16(22(24)32)21(31)23(12,33)20(30)14(9)18(15)28/h4-5,8-9,12,17,27-28,31,33H,6-7H2,1-3H3,(H2,24,32)/t8?,9-,12-,17-,23-/m0/s1. The van der Waals surface area contributed by atoms with Crippen molar-refractivity contribution in [2.75, 3.05) is 14.1 Å². The normalized spacial score (nSPS) is 29.5. The van der Waals surface area contributed by atoms with E-state index in [1.807, 2.05) is 0 Å². The molecule has 11 nitrogen and oxygen atoms in total. The van der Waals surface area contributed by atoms with Gasteiger partial charge in [-0.05, 0) is 57.0 Å². The van der Waals surface area contributed by atoms with Crippen LogP contribution in [0.4, 0.5) is 0 Å². The molecule has 1 aromatic rings. The molecule has 6 N–H and O–H groups in total. The number of ketones is 2. The highest BCUT2D eigenvalue weighted by atomic mass is 16.3. The maximum Gasteiger partial charge on any atom is 0.255 e. The number of aliphatic hydroxyl groups is 3. The Morgan fingerprint density at radius 3 is 2.44 bits per heavy atom. The van der Waals surface area contributed by atoms with Crippen molar-refractivity contribution in [3.05, 3.63) is 50.6 Å². The first-order valence-corrected chi connectivity index (χ1v) is 10.7. The number of fused-ring (bicyclic) bond motifs is 3. The van der Waals surface area contributed by atoms with Gasteiger partial charge in [-0.25, -0.2) is 0 Å². The third kappa shape index (κ3) is 2.93. The smallest absolute Gasteiger partial charge is 0.255 e. The molecule has 0 aromatic heterocycles. The summed E-state index contributed by atoms with van der Waals surface area (Å²) in [6, 6.07) is 0.828. The number of amides is 1. The summed E-state index contributed by atoms with van der Waals surface area (Å²) in [5, 5.41) is 46.9. The number of carbonyl (C=O) groups excluding carboxylic acids is 3. The molecule has 1 unspecified atom stereocenters. The van der Waals surface area contributed by atoms with Gasteiger partial charge in [0, 0.05) is 11.5 Å². The van der Waals surface area contributed by atoms with Crippen molar-refractivity contribution in [3.63, 3.8) is 0 Å². The van der Waals surface area contributed by atoms with Crippen LogP contribution in [-0.4, -0.2) is 68.5 Å². The van der Waals surface area contributed by atoms with E-state index < -0.39 is 64.1 Å². The first kappa shape index (κ1) is 23.6. The summed E-state index contributed by atoms with van der Waals surface area (Å²) in [6.07, 6.45) is 0.0852. The number of phenolic OH excluding ortho intramolecular Hbond substituents is 1. The van der Waals surface area contributed by atoms with Crippen LogP contribution in [0.25, 0.3) is 5.76 Å². The summed E-state index contributed by atoms with van der Waals surface area (Å²) < 4.78 is 0. The molecular formula is C23H25N3O8. The van der Waals surface area contributed by atoms with Crippen LogP contribution in [-0.2, 0) is 20.8 Å². The third-order valence-corrected chi connectivity index (χ3v) is 7.25. The maximum absolute atomic E-state index is 13.7. The number of nitroso groups, excluding NO2 is 1. The first-order valence-electron chi connectivity index (χ1n) is 10.7. The van der Waals surface area contributed by atoms with E-state index >= 15 is 0 Å². The number of aromatic hydroxyl groups is 1. The van der Waals surface area contributed by atoms with Gasteiger partial charge in [-0.3, -0.25) is 19.3 Å². The molecule has 1 saturated carbocycles. The van der Waals surface area contributed by atoms with E-state index in [0.717, 1.165) is 0 Å². The number of hydrogen-bond donors (Lipinski definition) is 5. The highest BCUT2D eigenvalue weighted by molar-refractivity contribution is 6.24. The van der Waals surface area contributed by atoms with Gasteiger partial charge >= 0.3 is 0 Å². The Bertz CT molecular complexity index is 1220. The van der Waals surface area contributed by atoms with Gasteiger partial charge in [-0.15, -0.1) is 0 Å². The quantitative estimate of drug-likeness (QED) is 0.312. The number of phenols is 1. The summed E-state index contributed by atoms with van der Waals surface area (Å²) in [4.78, 5) is 51.3. The SMILES string of the molecule is CC(N=O)c1ccc(O)c2c1C[C@H]1C[C@H]3[C@H](N(C)C)C(=O)C(C(N)=O)=C(O)[C@@]3(O)C(=O)C1=C2O. The summed E-state index contributed by atoms with van der Waals surface area (Å²) in [5.74, 6) is -7.14. The van der Waals surface area contributed by atoms with E-state index in [-0.39, 0.29) is 29.7 Å². The van der Waals surface area contributed by atoms with Gasteiger partial charge in [0.05, 0.1) is 11.6 Å². The monoisotopic (exact) mass is 471 g/mol. The number of carbonyl (C=O) groups is 3. The Morgan fingerprint density at radius 1 is 1.24 bits per heavy atom. The molecule has 5 atom stereocenters. The van der Waals surface area contributed by atoms with Crippen molar-refractivity contribution in [3.8, 4) is 5.75 Å². The molecule has 0 bridgehead atoms. The Balaban J connectivity index is 1.99. The van der Waals surface area contributed by atoms with E-state index in [9.17, 15) is 39.7 Å².